The molecule has 1 heterocycles. The lowest BCUT2D eigenvalue weighted by Crippen LogP contribution is -2.26. The van der Waals surface area contributed by atoms with Crippen molar-refractivity contribution in [2.45, 2.75) is 27.2 Å². The van der Waals surface area contributed by atoms with Gasteiger partial charge in [0.1, 0.15) is 5.69 Å². The molecule has 22 heavy (non-hydrogen) atoms. The number of pyridine rings is 1. The Labute approximate surface area is 132 Å². The third kappa shape index (κ3) is 4.88. The summed E-state index contributed by atoms with van der Waals surface area (Å²) < 4.78 is 0. The highest BCUT2D eigenvalue weighted by Crippen LogP contribution is 2.17. The molecular formula is C18H23N3O. The molecule has 1 aromatic carbocycles. The van der Waals surface area contributed by atoms with E-state index in [-0.39, 0.29) is 5.91 Å². The molecule has 0 atom stereocenters. The standard InChI is InChI=1S/C18H23N3O/c1-13(2)7-9-20-18(22)17-12-16(8-10-19-17)21-15-6-4-5-14(3)11-15/h4-6,8,10-13H,7,9H2,1-3H3,(H,19,21)(H,20,22). The largest absolute Gasteiger partial charge is 0.355 e. The molecule has 0 aliphatic rings. The molecule has 0 saturated heterocycles. The normalized spacial score (nSPS) is 10.5. The predicted octanol–water partition coefficient (Wildman–Crippen LogP) is 3.91. The lowest BCUT2D eigenvalue weighted by molar-refractivity contribution is 0.0947. The molecule has 0 radical (unpaired) electrons. The number of benzene rings is 1. The van der Waals surface area contributed by atoms with Crippen molar-refractivity contribution in [3.05, 3.63) is 53.9 Å². The van der Waals surface area contributed by atoms with Gasteiger partial charge in [-0.2, -0.15) is 0 Å². The number of hydrogen-bond acceptors (Lipinski definition) is 3. The number of nitrogens with zero attached hydrogens (tertiary/aromatic N) is 1. The van der Waals surface area contributed by atoms with Crippen LogP contribution in [0.2, 0.25) is 0 Å². The minimum absolute atomic E-state index is 0.131. The molecule has 1 aromatic heterocycles. The molecule has 0 spiro atoms. The Morgan fingerprint density at radius 2 is 1.95 bits per heavy atom. The zero-order chi connectivity index (χ0) is 15.9. The van der Waals surface area contributed by atoms with E-state index in [4.69, 9.17) is 0 Å². The van der Waals surface area contributed by atoms with Crippen LogP contribution in [0.4, 0.5) is 11.4 Å². The molecule has 0 aliphatic carbocycles. The molecule has 0 bridgehead atoms. The molecule has 1 amide bonds. The van der Waals surface area contributed by atoms with Crippen molar-refractivity contribution in [2.24, 2.45) is 5.92 Å². The number of aromatic nitrogens is 1. The van der Waals surface area contributed by atoms with Crippen LogP contribution in [0.15, 0.2) is 42.6 Å². The zero-order valence-electron chi connectivity index (χ0n) is 13.4. The van der Waals surface area contributed by atoms with Crippen LogP contribution in [0.25, 0.3) is 0 Å². The Hall–Kier alpha value is -2.36. The minimum atomic E-state index is -0.131. The maximum Gasteiger partial charge on any atom is 0.269 e. The Balaban J connectivity index is 2.01. The number of nitrogens with one attached hydrogen (secondary N) is 2. The highest BCUT2D eigenvalue weighted by molar-refractivity contribution is 5.93. The van der Waals surface area contributed by atoms with Gasteiger partial charge in [-0.25, -0.2) is 0 Å². The van der Waals surface area contributed by atoms with Crippen molar-refractivity contribution in [3.8, 4) is 0 Å². The van der Waals surface area contributed by atoms with Gasteiger partial charge in [-0.15, -0.1) is 0 Å². The molecular weight excluding hydrogens is 274 g/mol. The van der Waals surface area contributed by atoms with E-state index < -0.39 is 0 Å². The number of amides is 1. The Bertz CT molecular complexity index is 638. The van der Waals surface area contributed by atoms with Crippen molar-refractivity contribution in [1.82, 2.24) is 10.3 Å². The third-order valence-corrected chi connectivity index (χ3v) is 3.31. The van der Waals surface area contributed by atoms with Crippen molar-refractivity contribution >= 4 is 17.3 Å². The van der Waals surface area contributed by atoms with E-state index in [1.807, 2.05) is 31.2 Å². The Morgan fingerprint density at radius 3 is 2.68 bits per heavy atom. The highest BCUT2D eigenvalue weighted by Gasteiger charge is 2.08. The molecule has 0 fully saturated rings. The summed E-state index contributed by atoms with van der Waals surface area (Å²) in [6.07, 6.45) is 2.61. The first-order valence-electron chi connectivity index (χ1n) is 7.62. The van der Waals surface area contributed by atoms with Crippen LogP contribution in [-0.2, 0) is 0 Å². The second-order valence-corrected chi connectivity index (χ2v) is 5.86. The van der Waals surface area contributed by atoms with Crippen LogP contribution >= 0.6 is 0 Å². The van der Waals surface area contributed by atoms with Gasteiger partial charge in [0.25, 0.3) is 5.91 Å². The second kappa shape index (κ2) is 7.59. The number of aryl methyl sites for hydroxylation is 1. The number of carbonyl (C=O) groups is 1. The number of hydrogen-bond donors (Lipinski definition) is 2. The van der Waals surface area contributed by atoms with Crippen molar-refractivity contribution in [1.29, 1.82) is 0 Å². The fourth-order valence-electron chi connectivity index (χ4n) is 2.09. The van der Waals surface area contributed by atoms with E-state index in [0.717, 1.165) is 17.8 Å². The van der Waals surface area contributed by atoms with Crippen LogP contribution in [0.1, 0.15) is 36.3 Å². The third-order valence-electron chi connectivity index (χ3n) is 3.31. The van der Waals surface area contributed by atoms with Crippen LogP contribution in [-0.4, -0.2) is 17.4 Å². The quantitative estimate of drug-likeness (QED) is 0.850. The Morgan fingerprint density at radius 1 is 1.18 bits per heavy atom. The first kappa shape index (κ1) is 16.0. The monoisotopic (exact) mass is 297 g/mol. The summed E-state index contributed by atoms with van der Waals surface area (Å²) in [4.78, 5) is 16.2. The molecule has 2 N–H and O–H groups in total. The Kier molecular flexibility index (Phi) is 5.53. The van der Waals surface area contributed by atoms with Gasteiger partial charge >= 0.3 is 0 Å². The first-order valence-corrected chi connectivity index (χ1v) is 7.62. The van der Waals surface area contributed by atoms with E-state index in [0.29, 0.717) is 18.2 Å². The summed E-state index contributed by atoms with van der Waals surface area (Å²) in [5, 5.41) is 6.20. The highest BCUT2D eigenvalue weighted by atomic mass is 16.1. The molecule has 2 aromatic rings. The molecule has 0 unspecified atom stereocenters. The fourth-order valence-corrected chi connectivity index (χ4v) is 2.09. The van der Waals surface area contributed by atoms with Gasteiger partial charge < -0.3 is 10.6 Å². The van der Waals surface area contributed by atoms with E-state index in [9.17, 15) is 4.79 Å². The fraction of sp³-hybridized carbons (Fsp3) is 0.333. The topological polar surface area (TPSA) is 54.0 Å². The molecule has 0 saturated carbocycles. The summed E-state index contributed by atoms with van der Waals surface area (Å²) in [7, 11) is 0. The molecule has 2 rings (SSSR count). The molecule has 4 heteroatoms. The summed E-state index contributed by atoms with van der Waals surface area (Å²) >= 11 is 0. The molecule has 116 valence electrons. The summed E-state index contributed by atoms with van der Waals surface area (Å²) in [5.41, 5.74) is 3.47. The predicted molar refractivity (Wildman–Crippen MR) is 90.5 cm³/mol. The second-order valence-electron chi connectivity index (χ2n) is 5.86. The van der Waals surface area contributed by atoms with E-state index in [1.165, 1.54) is 5.56 Å². The number of rotatable bonds is 6. The molecule has 0 aliphatic heterocycles. The van der Waals surface area contributed by atoms with Gasteiger partial charge in [-0.3, -0.25) is 9.78 Å². The van der Waals surface area contributed by atoms with E-state index >= 15 is 0 Å². The SMILES string of the molecule is Cc1cccc(Nc2ccnc(C(=O)NCCC(C)C)c2)c1. The smallest absolute Gasteiger partial charge is 0.269 e. The zero-order valence-corrected chi connectivity index (χ0v) is 13.4. The average Bonchev–Trinajstić information content (AvgIpc) is 2.47. The lowest BCUT2D eigenvalue weighted by atomic mass is 10.1. The lowest BCUT2D eigenvalue weighted by Gasteiger charge is -2.09. The summed E-state index contributed by atoms with van der Waals surface area (Å²) in [6.45, 7) is 6.99. The van der Waals surface area contributed by atoms with E-state index in [2.05, 4.69) is 35.5 Å². The average molecular weight is 297 g/mol. The summed E-state index contributed by atoms with van der Waals surface area (Å²) in [5.74, 6) is 0.441. The maximum absolute atomic E-state index is 12.1. The van der Waals surface area contributed by atoms with Crippen LogP contribution in [0, 0.1) is 12.8 Å². The van der Waals surface area contributed by atoms with Gasteiger partial charge in [0, 0.05) is 24.1 Å². The van der Waals surface area contributed by atoms with Crippen molar-refractivity contribution < 1.29 is 4.79 Å². The maximum atomic E-state index is 12.1. The van der Waals surface area contributed by atoms with Gasteiger partial charge in [-0.1, -0.05) is 26.0 Å². The van der Waals surface area contributed by atoms with E-state index in [1.54, 1.807) is 12.3 Å². The van der Waals surface area contributed by atoms with Gasteiger partial charge in [0.2, 0.25) is 0 Å². The van der Waals surface area contributed by atoms with Crippen molar-refractivity contribution in [2.75, 3.05) is 11.9 Å². The molecule has 4 nitrogen and oxygen atoms in total. The van der Waals surface area contributed by atoms with Crippen LogP contribution in [0.3, 0.4) is 0 Å². The van der Waals surface area contributed by atoms with Crippen molar-refractivity contribution in [3.63, 3.8) is 0 Å². The number of anilines is 2. The first-order chi connectivity index (χ1) is 10.5. The minimum Gasteiger partial charge on any atom is -0.355 e. The van der Waals surface area contributed by atoms with Crippen LogP contribution < -0.4 is 10.6 Å². The van der Waals surface area contributed by atoms with Crippen LogP contribution in [0.5, 0.6) is 0 Å². The van der Waals surface area contributed by atoms with Gasteiger partial charge in [-0.05, 0) is 49.1 Å². The van der Waals surface area contributed by atoms with Gasteiger partial charge in [0.05, 0.1) is 0 Å². The number of carbonyl (C=O) groups excluding carboxylic acids is 1. The van der Waals surface area contributed by atoms with Gasteiger partial charge in [0.15, 0.2) is 0 Å². The summed E-state index contributed by atoms with van der Waals surface area (Å²) in [6, 6.07) is 11.7.